The zero-order chi connectivity index (χ0) is 9.78. The number of carbonyl (C=O) groups is 2. The summed E-state index contributed by atoms with van der Waals surface area (Å²) in [6.07, 6.45) is 0.341. The summed E-state index contributed by atoms with van der Waals surface area (Å²) < 4.78 is 9.55. The molecule has 0 fully saturated rings. The molecule has 0 saturated carbocycles. The SMILES string of the molecule is C=C(C=O)C(=O)OC(C)(C)OC. The van der Waals surface area contributed by atoms with E-state index in [2.05, 4.69) is 6.58 Å². The molecular weight excluding hydrogens is 160 g/mol. The molecule has 0 saturated heterocycles. The molecule has 0 aliphatic heterocycles. The van der Waals surface area contributed by atoms with Crippen molar-refractivity contribution < 1.29 is 19.1 Å². The van der Waals surface area contributed by atoms with Gasteiger partial charge in [-0.1, -0.05) is 6.58 Å². The Morgan fingerprint density at radius 1 is 1.50 bits per heavy atom. The van der Waals surface area contributed by atoms with Crippen LogP contribution in [-0.2, 0) is 19.1 Å². The van der Waals surface area contributed by atoms with Crippen LogP contribution in [0, 0.1) is 0 Å². The molecule has 4 nitrogen and oxygen atoms in total. The van der Waals surface area contributed by atoms with Gasteiger partial charge >= 0.3 is 5.97 Å². The van der Waals surface area contributed by atoms with Gasteiger partial charge in [0.1, 0.15) is 0 Å². The minimum atomic E-state index is -1.02. The first-order valence-electron chi connectivity index (χ1n) is 3.35. The lowest BCUT2D eigenvalue weighted by atomic mass is 10.3. The van der Waals surface area contributed by atoms with Crippen molar-refractivity contribution in [1.29, 1.82) is 0 Å². The van der Waals surface area contributed by atoms with E-state index in [1.54, 1.807) is 13.8 Å². The summed E-state index contributed by atoms with van der Waals surface area (Å²) in [4.78, 5) is 21.0. The zero-order valence-corrected chi connectivity index (χ0v) is 7.42. The molecule has 0 aliphatic rings. The van der Waals surface area contributed by atoms with Gasteiger partial charge in [-0.05, 0) is 0 Å². The van der Waals surface area contributed by atoms with Crippen LogP contribution in [0.4, 0.5) is 0 Å². The smallest absolute Gasteiger partial charge is 0.343 e. The van der Waals surface area contributed by atoms with Gasteiger partial charge in [0, 0.05) is 21.0 Å². The predicted molar refractivity (Wildman–Crippen MR) is 42.4 cm³/mol. The van der Waals surface area contributed by atoms with Crippen molar-refractivity contribution in [2.75, 3.05) is 7.11 Å². The molecule has 0 rings (SSSR count). The summed E-state index contributed by atoms with van der Waals surface area (Å²) in [6, 6.07) is 0. The highest BCUT2D eigenvalue weighted by Crippen LogP contribution is 2.10. The third kappa shape index (κ3) is 3.30. The van der Waals surface area contributed by atoms with E-state index in [1.165, 1.54) is 7.11 Å². The summed E-state index contributed by atoms with van der Waals surface area (Å²) in [5.41, 5.74) is -0.222. The van der Waals surface area contributed by atoms with Gasteiger partial charge in [0.25, 0.3) is 0 Å². The van der Waals surface area contributed by atoms with Crippen molar-refractivity contribution in [2.45, 2.75) is 19.6 Å². The summed E-state index contributed by atoms with van der Waals surface area (Å²) in [5.74, 6) is -1.79. The summed E-state index contributed by atoms with van der Waals surface area (Å²) in [7, 11) is 1.40. The molecule has 0 heterocycles. The molecule has 0 aromatic carbocycles. The predicted octanol–water partition coefficient (Wildman–Crippen LogP) is 0.667. The van der Waals surface area contributed by atoms with E-state index >= 15 is 0 Å². The number of hydrogen-bond acceptors (Lipinski definition) is 4. The Labute approximate surface area is 71.2 Å². The molecule has 4 heteroatoms. The lowest BCUT2D eigenvalue weighted by Gasteiger charge is -2.22. The third-order valence-electron chi connectivity index (χ3n) is 1.23. The first kappa shape index (κ1) is 10.8. The average molecular weight is 172 g/mol. The molecule has 0 spiro atoms. The lowest BCUT2D eigenvalue weighted by Crippen LogP contribution is -2.30. The monoisotopic (exact) mass is 172 g/mol. The number of methoxy groups -OCH3 is 1. The Morgan fingerprint density at radius 2 is 2.00 bits per heavy atom. The van der Waals surface area contributed by atoms with Gasteiger partial charge in [0.05, 0.1) is 5.57 Å². The average Bonchev–Trinajstić information content (AvgIpc) is 2.02. The quantitative estimate of drug-likeness (QED) is 0.156. The van der Waals surface area contributed by atoms with Gasteiger partial charge in [-0.25, -0.2) is 4.79 Å². The van der Waals surface area contributed by atoms with Gasteiger partial charge in [0.15, 0.2) is 6.29 Å². The highest BCUT2D eigenvalue weighted by Gasteiger charge is 2.22. The van der Waals surface area contributed by atoms with Crippen LogP contribution < -0.4 is 0 Å². The number of hydrogen-bond donors (Lipinski definition) is 0. The highest BCUT2D eigenvalue weighted by atomic mass is 16.7. The first-order valence-corrected chi connectivity index (χ1v) is 3.35. The van der Waals surface area contributed by atoms with Crippen molar-refractivity contribution in [3.63, 3.8) is 0 Å². The molecule has 0 aliphatic carbocycles. The molecular formula is C8H12O4. The number of esters is 1. The number of aldehydes is 1. The van der Waals surface area contributed by atoms with Crippen LogP contribution in [0.1, 0.15) is 13.8 Å². The Balaban J connectivity index is 4.18. The van der Waals surface area contributed by atoms with Crippen molar-refractivity contribution >= 4 is 12.3 Å². The fourth-order valence-corrected chi connectivity index (χ4v) is 0.379. The van der Waals surface area contributed by atoms with Crippen LogP contribution in [0.15, 0.2) is 12.2 Å². The van der Waals surface area contributed by atoms with Crippen molar-refractivity contribution in [3.05, 3.63) is 12.2 Å². The van der Waals surface area contributed by atoms with Crippen LogP contribution >= 0.6 is 0 Å². The maximum absolute atomic E-state index is 10.9. The minimum Gasteiger partial charge on any atom is -0.430 e. The molecule has 0 aromatic heterocycles. The van der Waals surface area contributed by atoms with Crippen LogP contribution in [-0.4, -0.2) is 25.2 Å². The number of ether oxygens (including phenoxy) is 2. The van der Waals surface area contributed by atoms with E-state index in [9.17, 15) is 9.59 Å². The van der Waals surface area contributed by atoms with Gasteiger partial charge < -0.3 is 9.47 Å². The van der Waals surface area contributed by atoms with E-state index in [4.69, 9.17) is 9.47 Å². The second kappa shape index (κ2) is 4.01. The maximum atomic E-state index is 10.9. The van der Waals surface area contributed by atoms with Crippen LogP contribution in [0.25, 0.3) is 0 Å². The summed E-state index contributed by atoms with van der Waals surface area (Å²) >= 11 is 0. The van der Waals surface area contributed by atoms with E-state index in [0.717, 1.165) is 0 Å². The maximum Gasteiger partial charge on any atom is 0.343 e. The van der Waals surface area contributed by atoms with Crippen molar-refractivity contribution in [2.24, 2.45) is 0 Å². The Hall–Kier alpha value is -1.16. The van der Waals surface area contributed by atoms with Gasteiger partial charge in [-0.2, -0.15) is 0 Å². The van der Waals surface area contributed by atoms with Crippen LogP contribution in [0.5, 0.6) is 0 Å². The summed E-state index contributed by atoms with van der Waals surface area (Å²) in [5, 5.41) is 0. The molecule has 0 bridgehead atoms. The van der Waals surface area contributed by atoms with E-state index in [-0.39, 0.29) is 5.57 Å². The largest absolute Gasteiger partial charge is 0.430 e. The second-order valence-electron chi connectivity index (χ2n) is 2.64. The topological polar surface area (TPSA) is 52.6 Å². The fraction of sp³-hybridized carbons (Fsp3) is 0.500. The molecule has 0 unspecified atom stereocenters. The van der Waals surface area contributed by atoms with Crippen LogP contribution in [0.2, 0.25) is 0 Å². The van der Waals surface area contributed by atoms with Crippen LogP contribution in [0.3, 0.4) is 0 Å². The Bertz CT molecular complexity index is 205. The molecule has 68 valence electrons. The van der Waals surface area contributed by atoms with E-state index in [1.807, 2.05) is 0 Å². The fourth-order valence-electron chi connectivity index (χ4n) is 0.379. The van der Waals surface area contributed by atoms with E-state index < -0.39 is 11.8 Å². The normalized spacial score (nSPS) is 10.6. The molecule has 0 aromatic rings. The molecule has 0 radical (unpaired) electrons. The highest BCUT2D eigenvalue weighted by molar-refractivity contribution is 6.06. The first-order chi connectivity index (χ1) is 5.43. The van der Waals surface area contributed by atoms with Gasteiger partial charge in [0.2, 0.25) is 5.79 Å². The van der Waals surface area contributed by atoms with Crippen molar-refractivity contribution in [1.82, 2.24) is 0 Å². The molecule has 0 atom stereocenters. The minimum absolute atomic E-state index is 0.222. The summed E-state index contributed by atoms with van der Waals surface area (Å²) in [6.45, 7) is 6.31. The zero-order valence-electron chi connectivity index (χ0n) is 7.42. The number of rotatable bonds is 4. The van der Waals surface area contributed by atoms with Gasteiger partial charge in [-0.3, -0.25) is 4.79 Å². The lowest BCUT2D eigenvalue weighted by molar-refractivity contribution is -0.201. The molecule has 0 amide bonds. The number of carbonyl (C=O) groups excluding carboxylic acids is 2. The third-order valence-corrected chi connectivity index (χ3v) is 1.23. The van der Waals surface area contributed by atoms with Crippen molar-refractivity contribution in [3.8, 4) is 0 Å². The van der Waals surface area contributed by atoms with E-state index in [0.29, 0.717) is 6.29 Å². The second-order valence-corrected chi connectivity index (χ2v) is 2.64. The molecule has 12 heavy (non-hydrogen) atoms. The standard InChI is InChI=1S/C8H12O4/c1-6(5-9)7(10)12-8(2,3)11-4/h5H,1H2,2-4H3. The van der Waals surface area contributed by atoms with Gasteiger partial charge in [-0.15, -0.1) is 0 Å². The molecule has 0 N–H and O–H groups in total. The Morgan fingerprint density at radius 3 is 2.33 bits per heavy atom. The Kier molecular flexibility index (Phi) is 3.63.